The van der Waals surface area contributed by atoms with Crippen molar-refractivity contribution in [1.82, 2.24) is 20.4 Å². The van der Waals surface area contributed by atoms with E-state index in [9.17, 15) is 4.79 Å². The number of carbonyl (C=O) groups is 1. The Morgan fingerprint density at radius 3 is 2.78 bits per heavy atom. The van der Waals surface area contributed by atoms with Gasteiger partial charge in [-0.25, -0.2) is 0 Å². The van der Waals surface area contributed by atoms with Crippen molar-refractivity contribution in [2.45, 2.75) is 25.6 Å². The third kappa shape index (κ3) is 6.02. The second kappa shape index (κ2) is 7.38. The molecule has 18 heavy (non-hydrogen) atoms. The van der Waals surface area contributed by atoms with E-state index < -0.39 is 0 Å². The van der Waals surface area contributed by atoms with Gasteiger partial charge in [-0.15, -0.1) is 10.2 Å². The molecule has 0 aromatic carbocycles. The highest BCUT2D eigenvalue weighted by Gasteiger charge is 2.10. The second-order valence-electron chi connectivity index (χ2n) is 4.69. The van der Waals surface area contributed by atoms with Gasteiger partial charge in [0.1, 0.15) is 0 Å². The molecule has 1 N–H and O–H groups in total. The number of nitrogens with one attached hydrogen (secondary N) is 1. The summed E-state index contributed by atoms with van der Waals surface area (Å²) in [5.41, 5.74) is 0. The summed E-state index contributed by atoms with van der Waals surface area (Å²) in [5, 5.41) is 11.0. The third-order valence-corrected chi connectivity index (χ3v) is 2.75. The van der Waals surface area contributed by atoms with Gasteiger partial charge < -0.3 is 14.6 Å². The summed E-state index contributed by atoms with van der Waals surface area (Å²) >= 11 is 1.26. The molecule has 1 heterocycles. The number of nitrogens with zero attached hydrogens (tertiary/aromatic N) is 3. The van der Waals surface area contributed by atoms with Gasteiger partial charge in [0, 0.05) is 6.54 Å². The van der Waals surface area contributed by atoms with Gasteiger partial charge in [-0.2, -0.15) is 0 Å². The van der Waals surface area contributed by atoms with Crippen LogP contribution in [0, 0.1) is 5.92 Å². The SMILES string of the molecule is CC(C)CNC(=O)CSc1nnc(CN(C)C)o1. The predicted octanol–water partition coefficient (Wildman–Crippen LogP) is 0.995. The zero-order valence-electron chi connectivity index (χ0n) is 11.3. The fourth-order valence-corrected chi connectivity index (χ4v) is 1.74. The average molecular weight is 272 g/mol. The molecule has 0 aliphatic heterocycles. The van der Waals surface area contributed by atoms with E-state index in [0.29, 0.717) is 35.9 Å². The maximum absolute atomic E-state index is 11.5. The standard InChI is InChI=1S/C11H20N4O2S/c1-8(2)5-12-9(16)7-18-11-14-13-10(17-11)6-15(3)4/h8H,5-7H2,1-4H3,(H,12,16). The third-order valence-electron chi connectivity index (χ3n) is 1.93. The Hall–Kier alpha value is -1.08. The summed E-state index contributed by atoms with van der Waals surface area (Å²) in [5.74, 6) is 1.30. The minimum atomic E-state index is -0.0129. The van der Waals surface area contributed by atoms with Crippen molar-refractivity contribution in [3.63, 3.8) is 0 Å². The lowest BCUT2D eigenvalue weighted by Gasteiger charge is -2.06. The lowest BCUT2D eigenvalue weighted by atomic mass is 10.2. The van der Waals surface area contributed by atoms with Gasteiger partial charge in [0.15, 0.2) is 0 Å². The topological polar surface area (TPSA) is 71.3 Å². The zero-order valence-corrected chi connectivity index (χ0v) is 12.1. The number of amides is 1. The maximum atomic E-state index is 11.5. The normalized spacial score (nSPS) is 11.2. The second-order valence-corrected chi connectivity index (χ2v) is 5.61. The molecule has 1 amide bonds. The predicted molar refractivity (Wildman–Crippen MR) is 70.3 cm³/mol. The zero-order chi connectivity index (χ0) is 13.5. The van der Waals surface area contributed by atoms with E-state index in [1.54, 1.807) is 0 Å². The number of hydrogen-bond acceptors (Lipinski definition) is 6. The summed E-state index contributed by atoms with van der Waals surface area (Å²) in [6.45, 7) is 5.40. The summed E-state index contributed by atoms with van der Waals surface area (Å²) in [4.78, 5) is 13.4. The maximum Gasteiger partial charge on any atom is 0.277 e. The highest BCUT2D eigenvalue weighted by Crippen LogP contribution is 2.16. The molecule has 102 valence electrons. The molecule has 1 aromatic rings. The van der Waals surface area contributed by atoms with Crippen LogP contribution in [0.5, 0.6) is 0 Å². The minimum absolute atomic E-state index is 0.0129. The van der Waals surface area contributed by atoms with Crippen molar-refractivity contribution < 1.29 is 9.21 Å². The largest absolute Gasteiger partial charge is 0.415 e. The first-order valence-corrected chi connectivity index (χ1v) is 6.82. The number of thioether (sulfide) groups is 1. The Morgan fingerprint density at radius 1 is 1.44 bits per heavy atom. The first-order valence-electron chi connectivity index (χ1n) is 5.84. The Morgan fingerprint density at radius 2 is 2.17 bits per heavy atom. The monoisotopic (exact) mass is 272 g/mol. The molecule has 0 unspecified atom stereocenters. The van der Waals surface area contributed by atoms with Crippen LogP contribution >= 0.6 is 11.8 Å². The molecular weight excluding hydrogens is 252 g/mol. The lowest BCUT2D eigenvalue weighted by molar-refractivity contribution is -0.118. The molecule has 0 fully saturated rings. The van der Waals surface area contributed by atoms with Gasteiger partial charge in [-0.3, -0.25) is 4.79 Å². The van der Waals surface area contributed by atoms with Crippen LogP contribution in [0.1, 0.15) is 19.7 Å². The van der Waals surface area contributed by atoms with Crippen molar-refractivity contribution in [3.8, 4) is 0 Å². The minimum Gasteiger partial charge on any atom is -0.415 e. The lowest BCUT2D eigenvalue weighted by Crippen LogP contribution is -2.28. The van der Waals surface area contributed by atoms with Crippen molar-refractivity contribution in [1.29, 1.82) is 0 Å². The van der Waals surface area contributed by atoms with Crippen molar-refractivity contribution >= 4 is 17.7 Å². The van der Waals surface area contributed by atoms with E-state index in [1.807, 2.05) is 19.0 Å². The van der Waals surface area contributed by atoms with Crippen molar-refractivity contribution in [3.05, 3.63) is 5.89 Å². The number of rotatable bonds is 7. The molecule has 0 saturated carbocycles. The summed E-state index contributed by atoms with van der Waals surface area (Å²) in [6, 6.07) is 0. The van der Waals surface area contributed by atoms with Crippen LogP contribution < -0.4 is 5.32 Å². The van der Waals surface area contributed by atoms with E-state index in [0.717, 1.165) is 0 Å². The van der Waals surface area contributed by atoms with E-state index >= 15 is 0 Å². The molecule has 1 rings (SSSR count). The summed E-state index contributed by atoms with van der Waals surface area (Å²) in [6.07, 6.45) is 0. The molecular formula is C11H20N4O2S. The van der Waals surface area contributed by atoms with E-state index in [2.05, 4.69) is 29.4 Å². The fourth-order valence-electron chi connectivity index (χ4n) is 1.13. The van der Waals surface area contributed by atoms with Crippen LogP contribution in [0.2, 0.25) is 0 Å². The van der Waals surface area contributed by atoms with Crippen LogP contribution in [-0.2, 0) is 11.3 Å². The number of carbonyl (C=O) groups excluding carboxylic acids is 1. The Labute approximate surface area is 112 Å². The molecule has 0 spiro atoms. The first-order chi connectivity index (χ1) is 8.47. The summed E-state index contributed by atoms with van der Waals surface area (Å²) < 4.78 is 5.39. The number of hydrogen-bond donors (Lipinski definition) is 1. The van der Waals surface area contributed by atoms with Gasteiger partial charge >= 0.3 is 0 Å². The Kier molecular flexibility index (Phi) is 6.14. The smallest absolute Gasteiger partial charge is 0.277 e. The molecule has 0 saturated heterocycles. The fraction of sp³-hybridized carbons (Fsp3) is 0.727. The molecule has 0 radical (unpaired) electrons. The van der Waals surface area contributed by atoms with Crippen molar-refractivity contribution in [2.75, 3.05) is 26.4 Å². The van der Waals surface area contributed by atoms with Crippen LogP contribution in [0.25, 0.3) is 0 Å². The molecule has 0 bridgehead atoms. The molecule has 6 nitrogen and oxygen atoms in total. The van der Waals surface area contributed by atoms with E-state index in [1.165, 1.54) is 11.8 Å². The molecule has 0 aliphatic rings. The van der Waals surface area contributed by atoms with Gasteiger partial charge in [-0.1, -0.05) is 25.6 Å². The highest BCUT2D eigenvalue weighted by atomic mass is 32.2. The van der Waals surface area contributed by atoms with Crippen LogP contribution in [-0.4, -0.2) is 47.4 Å². The molecule has 0 atom stereocenters. The van der Waals surface area contributed by atoms with Gasteiger partial charge in [0.25, 0.3) is 5.22 Å². The summed E-state index contributed by atoms with van der Waals surface area (Å²) in [7, 11) is 3.85. The molecule has 7 heteroatoms. The average Bonchev–Trinajstić information content (AvgIpc) is 2.70. The van der Waals surface area contributed by atoms with Crippen molar-refractivity contribution in [2.24, 2.45) is 5.92 Å². The molecule has 1 aromatic heterocycles. The first kappa shape index (κ1) is 15.0. The Balaban J connectivity index is 2.30. The van der Waals surface area contributed by atoms with Gasteiger partial charge in [0.05, 0.1) is 12.3 Å². The van der Waals surface area contributed by atoms with E-state index in [-0.39, 0.29) is 5.91 Å². The quantitative estimate of drug-likeness (QED) is 0.747. The molecule has 0 aliphatic carbocycles. The van der Waals surface area contributed by atoms with Crippen LogP contribution in [0.4, 0.5) is 0 Å². The van der Waals surface area contributed by atoms with Crippen LogP contribution in [0.3, 0.4) is 0 Å². The van der Waals surface area contributed by atoms with Crippen LogP contribution in [0.15, 0.2) is 9.64 Å². The van der Waals surface area contributed by atoms with E-state index in [4.69, 9.17) is 4.42 Å². The van der Waals surface area contributed by atoms with Gasteiger partial charge in [0.2, 0.25) is 11.8 Å². The van der Waals surface area contributed by atoms with Gasteiger partial charge in [-0.05, 0) is 20.0 Å². The highest BCUT2D eigenvalue weighted by molar-refractivity contribution is 7.99. The number of aromatic nitrogens is 2. The Bertz CT molecular complexity index is 379.